The predicted octanol–water partition coefficient (Wildman–Crippen LogP) is 3.11. The average Bonchev–Trinajstić information content (AvgIpc) is 2.82. The molecule has 0 aliphatic carbocycles. The molecule has 1 aliphatic heterocycles. The van der Waals surface area contributed by atoms with E-state index in [9.17, 15) is 4.79 Å². The maximum Gasteiger partial charge on any atom is 0.228 e. The molecule has 1 heterocycles. The molecule has 0 aromatic heterocycles. The van der Waals surface area contributed by atoms with E-state index in [1.807, 2.05) is 13.1 Å². The van der Waals surface area contributed by atoms with E-state index in [1.54, 1.807) is 0 Å². The molecule has 3 nitrogen and oxygen atoms in total. The van der Waals surface area contributed by atoms with Gasteiger partial charge in [0.1, 0.15) is 0 Å². The minimum Gasteiger partial charge on any atom is -0.326 e. The molecular weight excluding hydrogens is 260 g/mol. The third-order valence-electron chi connectivity index (χ3n) is 4.21. The fourth-order valence-electron chi connectivity index (χ4n) is 3.19. The molecule has 1 amide bonds. The second-order valence-electron chi connectivity index (χ2n) is 5.67. The molecule has 3 heteroatoms. The normalized spacial score (nSPS) is 14.7. The van der Waals surface area contributed by atoms with E-state index in [1.165, 1.54) is 22.3 Å². The summed E-state index contributed by atoms with van der Waals surface area (Å²) in [5.41, 5.74) is 7.11. The first kappa shape index (κ1) is 13.8. The van der Waals surface area contributed by atoms with E-state index in [-0.39, 0.29) is 11.9 Å². The van der Waals surface area contributed by atoms with Crippen molar-refractivity contribution in [3.8, 4) is 0 Å². The molecule has 0 radical (unpaired) electrons. The van der Waals surface area contributed by atoms with Crippen molar-refractivity contribution in [3.05, 3.63) is 64.2 Å². The number of carbonyl (C=O) groups is 1. The number of benzene rings is 2. The quantitative estimate of drug-likeness (QED) is 0.907. The van der Waals surface area contributed by atoms with Crippen LogP contribution in [-0.4, -0.2) is 13.0 Å². The number of aryl methyl sites for hydroxylation is 2. The Morgan fingerprint density at radius 2 is 1.86 bits per heavy atom. The maximum absolute atomic E-state index is 11.5. The summed E-state index contributed by atoms with van der Waals surface area (Å²) in [7, 11) is 1.98. The van der Waals surface area contributed by atoms with Gasteiger partial charge in [0.25, 0.3) is 0 Å². The lowest BCUT2D eigenvalue weighted by molar-refractivity contribution is -0.115. The summed E-state index contributed by atoms with van der Waals surface area (Å²) in [5, 5.41) is 6.30. The Labute approximate surface area is 125 Å². The zero-order valence-corrected chi connectivity index (χ0v) is 12.7. The van der Waals surface area contributed by atoms with Gasteiger partial charge in [0.2, 0.25) is 5.91 Å². The molecule has 21 heavy (non-hydrogen) atoms. The molecule has 2 aromatic rings. The van der Waals surface area contributed by atoms with Gasteiger partial charge in [-0.1, -0.05) is 30.3 Å². The van der Waals surface area contributed by atoms with Crippen LogP contribution in [0.3, 0.4) is 0 Å². The Balaban J connectivity index is 2.05. The summed E-state index contributed by atoms with van der Waals surface area (Å²) >= 11 is 0. The van der Waals surface area contributed by atoms with Crippen molar-refractivity contribution in [2.75, 3.05) is 12.4 Å². The van der Waals surface area contributed by atoms with Gasteiger partial charge < -0.3 is 10.6 Å². The van der Waals surface area contributed by atoms with Crippen molar-refractivity contribution in [1.82, 2.24) is 5.32 Å². The summed E-state index contributed by atoms with van der Waals surface area (Å²) in [6, 6.07) is 12.8. The Morgan fingerprint density at radius 1 is 1.14 bits per heavy atom. The molecule has 108 valence electrons. The summed E-state index contributed by atoms with van der Waals surface area (Å²) < 4.78 is 0. The van der Waals surface area contributed by atoms with Crippen LogP contribution < -0.4 is 10.6 Å². The van der Waals surface area contributed by atoms with Crippen molar-refractivity contribution >= 4 is 11.6 Å². The van der Waals surface area contributed by atoms with Gasteiger partial charge in [-0.25, -0.2) is 0 Å². The van der Waals surface area contributed by atoms with Crippen LogP contribution in [0.2, 0.25) is 0 Å². The molecule has 0 saturated carbocycles. The van der Waals surface area contributed by atoms with Gasteiger partial charge in [-0.15, -0.1) is 0 Å². The van der Waals surface area contributed by atoms with Crippen LogP contribution in [0.4, 0.5) is 5.69 Å². The first-order valence-corrected chi connectivity index (χ1v) is 7.26. The Bertz CT molecular complexity index is 686. The number of nitrogens with one attached hydrogen (secondary N) is 2. The number of hydrogen-bond acceptors (Lipinski definition) is 2. The van der Waals surface area contributed by atoms with Crippen LogP contribution >= 0.6 is 0 Å². The van der Waals surface area contributed by atoms with Gasteiger partial charge in [0.05, 0.1) is 12.5 Å². The lowest BCUT2D eigenvalue weighted by Gasteiger charge is -2.22. The van der Waals surface area contributed by atoms with Crippen LogP contribution in [0.1, 0.15) is 33.9 Å². The molecule has 1 unspecified atom stereocenters. The van der Waals surface area contributed by atoms with Crippen LogP contribution in [0.5, 0.6) is 0 Å². The SMILES string of the molecule is CNC(c1ccc2c(c1)CC(=O)N2)c1c(C)cccc1C. The summed E-state index contributed by atoms with van der Waals surface area (Å²) in [4.78, 5) is 11.5. The monoisotopic (exact) mass is 280 g/mol. The van der Waals surface area contributed by atoms with E-state index >= 15 is 0 Å². The van der Waals surface area contributed by atoms with Crippen molar-refractivity contribution in [2.45, 2.75) is 26.3 Å². The van der Waals surface area contributed by atoms with Gasteiger partial charge >= 0.3 is 0 Å². The fourth-order valence-corrected chi connectivity index (χ4v) is 3.19. The van der Waals surface area contributed by atoms with Gasteiger partial charge in [0, 0.05) is 5.69 Å². The molecule has 1 aliphatic rings. The first-order valence-electron chi connectivity index (χ1n) is 7.26. The Kier molecular flexibility index (Phi) is 3.52. The highest BCUT2D eigenvalue weighted by atomic mass is 16.1. The highest BCUT2D eigenvalue weighted by Gasteiger charge is 2.21. The molecule has 0 saturated heterocycles. The molecule has 1 atom stereocenters. The minimum atomic E-state index is 0.0789. The average molecular weight is 280 g/mol. The third-order valence-corrected chi connectivity index (χ3v) is 4.21. The first-order chi connectivity index (χ1) is 10.1. The highest BCUT2D eigenvalue weighted by molar-refractivity contribution is 5.99. The summed E-state index contributed by atoms with van der Waals surface area (Å²) in [6.07, 6.45) is 0.479. The zero-order chi connectivity index (χ0) is 15.0. The molecule has 3 rings (SSSR count). The largest absolute Gasteiger partial charge is 0.326 e. The van der Waals surface area contributed by atoms with Crippen molar-refractivity contribution in [2.24, 2.45) is 0 Å². The summed E-state index contributed by atoms with van der Waals surface area (Å²) in [5.74, 6) is 0.0789. The Hall–Kier alpha value is -2.13. The van der Waals surface area contributed by atoms with Gasteiger partial charge in [0.15, 0.2) is 0 Å². The lowest BCUT2D eigenvalue weighted by Crippen LogP contribution is -2.20. The van der Waals surface area contributed by atoms with E-state index in [2.05, 4.69) is 54.8 Å². The van der Waals surface area contributed by atoms with E-state index < -0.39 is 0 Å². The number of rotatable bonds is 3. The van der Waals surface area contributed by atoms with Gasteiger partial charge in [-0.2, -0.15) is 0 Å². The smallest absolute Gasteiger partial charge is 0.228 e. The molecule has 0 fully saturated rings. The molecular formula is C18H20N2O. The second-order valence-corrected chi connectivity index (χ2v) is 5.67. The second kappa shape index (κ2) is 5.34. The van der Waals surface area contributed by atoms with Gasteiger partial charge in [-0.05, 0) is 54.8 Å². The van der Waals surface area contributed by atoms with Crippen molar-refractivity contribution in [1.29, 1.82) is 0 Å². The number of carbonyl (C=O) groups excluding carboxylic acids is 1. The van der Waals surface area contributed by atoms with Crippen LogP contribution in [0, 0.1) is 13.8 Å². The van der Waals surface area contributed by atoms with Crippen LogP contribution in [0.15, 0.2) is 36.4 Å². The van der Waals surface area contributed by atoms with E-state index in [4.69, 9.17) is 0 Å². The Morgan fingerprint density at radius 3 is 2.52 bits per heavy atom. The molecule has 0 spiro atoms. The number of fused-ring (bicyclic) bond motifs is 1. The van der Waals surface area contributed by atoms with E-state index in [0.29, 0.717) is 6.42 Å². The van der Waals surface area contributed by atoms with Crippen molar-refractivity contribution < 1.29 is 4.79 Å². The zero-order valence-electron chi connectivity index (χ0n) is 12.7. The van der Waals surface area contributed by atoms with E-state index in [0.717, 1.165) is 11.3 Å². The summed E-state index contributed by atoms with van der Waals surface area (Å²) in [6.45, 7) is 4.29. The standard InChI is InChI=1S/C18H20N2O/c1-11-5-4-6-12(2)17(11)18(19-3)13-7-8-15-14(9-13)10-16(21)20-15/h4-9,18-19H,10H2,1-3H3,(H,20,21). The topological polar surface area (TPSA) is 41.1 Å². The van der Waals surface area contributed by atoms with Gasteiger partial charge in [-0.3, -0.25) is 4.79 Å². The number of anilines is 1. The highest BCUT2D eigenvalue weighted by Crippen LogP contribution is 2.31. The van der Waals surface area contributed by atoms with Crippen LogP contribution in [-0.2, 0) is 11.2 Å². The molecule has 0 bridgehead atoms. The predicted molar refractivity (Wildman–Crippen MR) is 85.6 cm³/mol. The molecule has 2 aromatic carbocycles. The number of amides is 1. The van der Waals surface area contributed by atoms with Crippen molar-refractivity contribution in [3.63, 3.8) is 0 Å². The number of hydrogen-bond donors (Lipinski definition) is 2. The fraction of sp³-hybridized carbons (Fsp3) is 0.278. The third kappa shape index (κ3) is 2.45. The minimum absolute atomic E-state index is 0.0789. The lowest BCUT2D eigenvalue weighted by atomic mass is 9.90. The maximum atomic E-state index is 11.5. The molecule has 2 N–H and O–H groups in total. The van der Waals surface area contributed by atoms with Crippen LogP contribution in [0.25, 0.3) is 0 Å².